The van der Waals surface area contributed by atoms with E-state index in [1.54, 1.807) is 64.5 Å². The molecule has 0 spiro atoms. The summed E-state index contributed by atoms with van der Waals surface area (Å²) in [7, 11) is 0. The quantitative estimate of drug-likeness (QED) is 0.0697. The van der Waals surface area contributed by atoms with E-state index in [9.17, 15) is 29.4 Å². The molecule has 2 aliphatic rings. The second-order valence-electron chi connectivity index (χ2n) is 16.9. The lowest BCUT2D eigenvalue weighted by Gasteiger charge is -2.28. The van der Waals surface area contributed by atoms with Gasteiger partial charge in [-0.15, -0.1) is 0 Å². The third-order valence-corrected chi connectivity index (χ3v) is 13.0. The van der Waals surface area contributed by atoms with Crippen molar-refractivity contribution in [1.82, 2.24) is 40.4 Å². The first-order valence-electron chi connectivity index (χ1n) is 22.2. The van der Waals surface area contributed by atoms with E-state index in [1.165, 1.54) is 0 Å². The Morgan fingerprint density at radius 1 is 0.545 bits per heavy atom. The van der Waals surface area contributed by atoms with Crippen LogP contribution in [0.2, 0.25) is 0 Å². The Labute approximate surface area is 381 Å². The largest absolute Gasteiger partial charge is 0.465 e. The minimum Gasteiger partial charge on any atom is -0.465 e. The SMILES string of the molecule is Cc1c(-c2ccc(-c3ccc(-c4cnc(C5CCCN5C(=O)C(NC(=O)O)c5ccccc5)[nH]4)cc3)cc2)ccc(-c2cnc([C@@H]3CCCN3C(=O)[C@H](NC(=O)O)c3ccccc3)[nH]2)c1C. The summed E-state index contributed by atoms with van der Waals surface area (Å²) in [6.45, 7) is 5.24. The van der Waals surface area contributed by atoms with Gasteiger partial charge in [0.25, 0.3) is 11.8 Å². The molecular weight excluding hydrogens is 833 g/mol. The molecule has 5 aromatic carbocycles. The van der Waals surface area contributed by atoms with Crippen LogP contribution in [0.25, 0.3) is 44.8 Å². The van der Waals surface area contributed by atoms with Crippen molar-refractivity contribution < 1.29 is 29.4 Å². The van der Waals surface area contributed by atoms with Gasteiger partial charge in [-0.2, -0.15) is 0 Å². The smallest absolute Gasteiger partial charge is 0.405 e. The highest BCUT2D eigenvalue weighted by Gasteiger charge is 2.38. The number of hydrogen-bond donors (Lipinski definition) is 6. The van der Waals surface area contributed by atoms with Crippen LogP contribution in [-0.4, -0.2) is 77.0 Å². The Kier molecular flexibility index (Phi) is 12.2. The zero-order valence-corrected chi connectivity index (χ0v) is 36.6. The number of nitrogens with zero attached hydrogens (tertiary/aromatic N) is 4. The van der Waals surface area contributed by atoms with Gasteiger partial charge in [0.1, 0.15) is 23.7 Å². The number of likely N-dealkylation sites (tertiary alicyclic amines) is 2. The summed E-state index contributed by atoms with van der Waals surface area (Å²) in [5.74, 6) is 0.735. The van der Waals surface area contributed by atoms with Crippen LogP contribution in [0, 0.1) is 13.8 Å². The van der Waals surface area contributed by atoms with Gasteiger partial charge in [0.05, 0.1) is 35.9 Å². The average molecular weight is 883 g/mol. The number of imidazole rings is 2. The van der Waals surface area contributed by atoms with Gasteiger partial charge >= 0.3 is 12.2 Å². The Bertz CT molecular complexity index is 2880. The minimum absolute atomic E-state index is 0.300. The van der Waals surface area contributed by atoms with Gasteiger partial charge in [-0.1, -0.05) is 121 Å². The molecular formula is C52H50N8O6. The fourth-order valence-corrected chi connectivity index (χ4v) is 9.48. The summed E-state index contributed by atoms with van der Waals surface area (Å²) in [5.41, 5.74) is 11.4. The van der Waals surface area contributed by atoms with E-state index in [0.717, 1.165) is 75.2 Å². The highest BCUT2D eigenvalue weighted by atomic mass is 16.4. The van der Waals surface area contributed by atoms with Crippen molar-refractivity contribution >= 4 is 24.0 Å². The highest BCUT2D eigenvalue weighted by molar-refractivity contribution is 5.88. The van der Waals surface area contributed by atoms with E-state index < -0.39 is 24.3 Å². The van der Waals surface area contributed by atoms with Crippen molar-refractivity contribution in [3.05, 3.63) is 168 Å². The average Bonchev–Trinajstić information content (AvgIpc) is 4.19. The van der Waals surface area contributed by atoms with E-state index in [0.29, 0.717) is 42.3 Å². The number of rotatable bonds is 12. The molecule has 334 valence electrons. The van der Waals surface area contributed by atoms with Crippen LogP contribution in [0.5, 0.6) is 0 Å². The Morgan fingerprint density at radius 2 is 0.955 bits per heavy atom. The summed E-state index contributed by atoms with van der Waals surface area (Å²) in [4.78, 5) is 70.8. The molecule has 66 heavy (non-hydrogen) atoms. The van der Waals surface area contributed by atoms with Gasteiger partial charge in [-0.3, -0.25) is 9.59 Å². The number of H-pyrrole nitrogens is 2. The molecule has 4 atom stereocenters. The predicted molar refractivity (Wildman–Crippen MR) is 250 cm³/mol. The van der Waals surface area contributed by atoms with Crippen LogP contribution < -0.4 is 10.6 Å². The van der Waals surface area contributed by atoms with Crippen LogP contribution in [0.1, 0.15) is 83.8 Å². The third kappa shape index (κ3) is 8.77. The van der Waals surface area contributed by atoms with E-state index in [4.69, 9.17) is 4.98 Å². The molecule has 2 aromatic heterocycles. The first kappa shape index (κ1) is 43.3. The van der Waals surface area contributed by atoms with Crippen molar-refractivity contribution in [1.29, 1.82) is 0 Å². The van der Waals surface area contributed by atoms with Gasteiger partial charge in [0, 0.05) is 18.7 Å². The summed E-state index contributed by atoms with van der Waals surface area (Å²) >= 11 is 0. The molecule has 14 heteroatoms. The van der Waals surface area contributed by atoms with Gasteiger partial charge in [-0.25, -0.2) is 19.6 Å². The summed E-state index contributed by atoms with van der Waals surface area (Å²) in [6, 6.07) is 36.2. The molecule has 0 saturated carbocycles. The van der Waals surface area contributed by atoms with Gasteiger partial charge < -0.3 is 40.6 Å². The van der Waals surface area contributed by atoms with Crippen molar-refractivity contribution in [2.75, 3.05) is 13.1 Å². The normalized spacial score (nSPS) is 16.8. The standard InChI is InChI=1S/C52H50N8O6/c1-31-32(2)40(42-30-54-48(56-42)44-16-10-28-60(44)50(62)46(58-52(65)66)38-13-7-4-8-14-38)26-25-39(31)35-21-17-33(18-22-35)34-19-23-36(24-20-34)41-29-53-47(55-41)43-15-9-27-59(43)49(61)45(57-51(63)64)37-11-5-3-6-12-37/h3-8,11-14,17-26,29-30,43-46,57-58H,9-10,15-16,27-28H2,1-2H3,(H,53,55)(H,54,56)(H,63,64)(H,65,66)/t43?,44-,45?,46+/m0/s1. The third-order valence-electron chi connectivity index (χ3n) is 13.0. The zero-order valence-electron chi connectivity index (χ0n) is 36.6. The lowest BCUT2D eigenvalue weighted by molar-refractivity contribution is -0.135. The Morgan fingerprint density at radius 3 is 1.44 bits per heavy atom. The van der Waals surface area contributed by atoms with Crippen molar-refractivity contribution in [2.45, 2.75) is 63.7 Å². The van der Waals surface area contributed by atoms with Crippen molar-refractivity contribution in [3.8, 4) is 44.8 Å². The number of nitrogens with one attached hydrogen (secondary N) is 4. The molecule has 4 heterocycles. The minimum atomic E-state index is -1.26. The second kappa shape index (κ2) is 18.6. The molecule has 6 N–H and O–H groups in total. The van der Waals surface area contributed by atoms with Crippen LogP contribution in [-0.2, 0) is 9.59 Å². The molecule has 7 aromatic rings. The van der Waals surface area contributed by atoms with Crippen LogP contribution >= 0.6 is 0 Å². The van der Waals surface area contributed by atoms with Gasteiger partial charge in [0.15, 0.2) is 0 Å². The number of carbonyl (C=O) groups is 4. The van der Waals surface area contributed by atoms with E-state index in [1.807, 2.05) is 30.5 Å². The zero-order chi connectivity index (χ0) is 45.9. The fourth-order valence-electron chi connectivity index (χ4n) is 9.48. The molecule has 0 bridgehead atoms. The lowest BCUT2D eigenvalue weighted by Crippen LogP contribution is -2.42. The predicted octanol–water partition coefficient (Wildman–Crippen LogP) is 9.76. The molecule has 0 aliphatic carbocycles. The topological polar surface area (TPSA) is 197 Å². The molecule has 9 rings (SSSR count). The number of benzene rings is 5. The number of carbonyl (C=O) groups excluding carboxylic acids is 2. The first-order valence-corrected chi connectivity index (χ1v) is 22.2. The molecule has 2 fully saturated rings. The van der Waals surface area contributed by atoms with E-state index >= 15 is 0 Å². The molecule has 0 radical (unpaired) electrons. The first-order chi connectivity index (χ1) is 32.0. The monoisotopic (exact) mass is 882 g/mol. The van der Waals surface area contributed by atoms with Crippen LogP contribution in [0.3, 0.4) is 0 Å². The van der Waals surface area contributed by atoms with E-state index in [2.05, 4.69) is 88.0 Å². The molecule has 2 saturated heterocycles. The number of carboxylic acid groups (broad SMARTS) is 2. The summed E-state index contributed by atoms with van der Waals surface area (Å²) in [6.07, 6.45) is 4.07. The van der Waals surface area contributed by atoms with Crippen molar-refractivity contribution in [2.24, 2.45) is 0 Å². The molecule has 2 aliphatic heterocycles. The van der Waals surface area contributed by atoms with Gasteiger partial charge in [-0.05, 0) is 89.6 Å². The highest BCUT2D eigenvalue weighted by Crippen LogP contribution is 2.38. The Hall–Kier alpha value is -8.00. The maximum Gasteiger partial charge on any atom is 0.405 e. The van der Waals surface area contributed by atoms with Crippen LogP contribution in [0.4, 0.5) is 9.59 Å². The fraction of sp³-hybridized carbons (Fsp3) is 0.231. The second-order valence-corrected chi connectivity index (χ2v) is 16.9. The lowest BCUT2D eigenvalue weighted by atomic mass is 9.91. The van der Waals surface area contributed by atoms with E-state index in [-0.39, 0.29) is 23.9 Å². The number of amides is 4. The molecule has 2 unspecified atom stereocenters. The van der Waals surface area contributed by atoms with Crippen molar-refractivity contribution in [3.63, 3.8) is 0 Å². The maximum absolute atomic E-state index is 13.8. The number of aromatic nitrogens is 4. The number of hydrogen-bond acceptors (Lipinski definition) is 6. The summed E-state index contributed by atoms with van der Waals surface area (Å²) < 4.78 is 0. The Balaban J connectivity index is 0.866. The summed E-state index contributed by atoms with van der Waals surface area (Å²) in [5, 5.41) is 23.9. The maximum atomic E-state index is 13.8. The molecule has 4 amide bonds. The number of aromatic amines is 2. The van der Waals surface area contributed by atoms with Gasteiger partial charge in [0.2, 0.25) is 0 Å². The van der Waals surface area contributed by atoms with Crippen LogP contribution in [0.15, 0.2) is 134 Å². The molecule has 14 nitrogen and oxygen atoms in total.